The largest absolute Gasteiger partial charge is 0.307 e. The normalized spacial score (nSPS) is 19.2. The van der Waals surface area contributed by atoms with Crippen molar-refractivity contribution in [3.05, 3.63) is 0 Å². The van der Waals surface area contributed by atoms with Crippen LogP contribution in [0.2, 0.25) is 0 Å². The first-order valence-electron chi connectivity index (χ1n) is 1.50. The minimum Gasteiger partial charge on any atom is -0.307 e. The van der Waals surface area contributed by atoms with E-state index < -0.39 is 5.00 Å². The Morgan fingerprint density at radius 2 is 2.17 bits per heavy atom. The number of hydrogen-bond donors (Lipinski definition) is 1. The van der Waals surface area contributed by atoms with Gasteiger partial charge in [0.05, 0.1) is 0 Å². The maximum atomic E-state index is 9.57. The summed E-state index contributed by atoms with van der Waals surface area (Å²) in [4.78, 5) is 8.40. The summed E-state index contributed by atoms with van der Waals surface area (Å²) in [6.45, 7) is 1.42. The summed E-state index contributed by atoms with van der Waals surface area (Å²) >= 11 is 5.13. The van der Waals surface area contributed by atoms with Crippen molar-refractivity contribution in [2.45, 2.75) is 11.9 Å². The van der Waals surface area contributed by atoms with E-state index in [4.69, 9.17) is 17.3 Å². The van der Waals surface area contributed by atoms with Crippen molar-refractivity contribution in [3.63, 3.8) is 0 Å². The predicted molar refractivity (Wildman–Crippen MR) is 24.5 cm³/mol. The van der Waals surface area contributed by atoms with E-state index in [0.29, 0.717) is 6.29 Å². The fraction of sp³-hybridized carbons (Fsp3) is 0.667. The lowest BCUT2D eigenvalue weighted by atomic mass is 10.4. The van der Waals surface area contributed by atoms with Crippen LogP contribution >= 0.6 is 11.6 Å². The van der Waals surface area contributed by atoms with Gasteiger partial charge < -0.3 is 5.73 Å². The molecule has 2 N–H and O–H groups in total. The molecule has 0 aromatic carbocycles. The summed E-state index contributed by atoms with van der Waals surface area (Å²) in [5, 5.41) is 0. The summed E-state index contributed by atoms with van der Waals surface area (Å²) in [5.41, 5.74) is 4.93. The first kappa shape index (κ1) is 5.92. The summed E-state index contributed by atoms with van der Waals surface area (Å²) < 4.78 is 0. The Labute approximate surface area is 41.3 Å². The lowest BCUT2D eigenvalue weighted by Gasteiger charge is -2.01. The Balaban J connectivity index is 3.45. The van der Waals surface area contributed by atoms with Crippen LogP contribution < -0.4 is 5.73 Å². The molecule has 6 heavy (non-hydrogen) atoms. The minimum atomic E-state index is -1.17. The fourth-order valence-electron chi connectivity index (χ4n) is 0. The third kappa shape index (κ3) is 3.92. The molecule has 0 spiro atoms. The molecule has 0 aromatic rings. The fourth-order valence-corrected chi connectivity index (χ4v) is 0. The number of nitrogens with two attached hydrogens (primary N) is 1. The molecule has 0 unspecified atom stereocenters. The SMILES string of the molecule is C[C@@](N)(Cl)C=O. The molecule has 3 heteroatoms. The average molecular weight is 108 g/mol. The van der Waals surface area contributed by atoms with Gasteiger partial charge in [-0.05, 0) is 6.92 Å². The van der Waals surface area contributed by atoms with E-state index in [9.17, 15) is 4.79 Å². The average Bonchev–Trinajstić information content (AvgIpc) is 1.35. The molecule has 0 amide bonds. The summed E-state index contributed by atoms with van der Waals surface area (Å²) in [6.07, 6.45) is 0.481. The minimum absolute atomic E-state index is 0.481. The van der Waals surface area contributed by atoms with Crippen LogP contribution in [0.3, 0.4) is 0 Å². The summed E-state index contributed by atoms with van der Waals surface area (Å²) in [7, 11) is 0. The molecule has 0 heterocycles. The topological polar surface area (TPSA) is 43.1 Å². The molecule has 0 radical (unpaired) electrons. The zero-order valence-corrected chi connectivity index (χ0v) is 4.20. The zero-order valence-electron chi connectivity index (χ0n) is 3.44. The predicted octanol–water partition coefficient (Wildman–Crippen LogP) is 0.0990. The number of alkyl halides is 1. The summed E-state index contributed by atoms with van der Waals surface area (Å²) in [5.74, 6) is 0. The van der Waals surface area contributed by atoms with Gasteiger partial charge in [-0.3, -0.25) is 4.79 Å². The lowest BCUT2D eigenvalue weighted by molar-refractivity contribution is -0.109. The van der Waals surface area contributed by atoms with Crippen molar-refractivity contribution in [1.82, 2.24) is 0 Å². The van der Waals surface area contributed by atoms with Crippen LogP contribution in [-0.4, -0.2) is 11.3 Å². The van der Waals surface area contributed by atoms with Gasteiger partial charge in [0.15, 0.2) is 6.29 Å². The lowest BCUT2D eigenvalue weighted by Crippen LogP contribution is -2.29. The molecule has 0 aromatic heterocycles. The van der Waals surface area contributed by atoms with Crippen LogP contribution in [-0.2, 0) is 4.79 Å². The third-order valence-corrected chi connectivity index (χ3v) is 0.320. The standard InChI is InChI=1S/C3H6ClNO/c1-3(4,5)2-6/h2H,5H2,1H3/t3-/m0/s1. The second-order valence-corrected chi connectivity index (χ2v) is 2.08. The quantitative estimate of drug-likeness (QED) is 0.293. The Kier molecular flexibility index (Phi) is 1.56. The van der Waals surface area contributed by atoms with Gasteiger partial charge in [0.25, 0.3) is 0 Å². The molecule has 0 saturated carbocycles. The van der Waals surface area contributed by atoms with Gasteiger partial charge in [-0.2, -0.15) is 0 Å². The summed E-state index contributed by atoms with van der Waals surface area (Å²) in [6, 6.07) is 0. The number of aldehydes is 1. The second kappa shape index (κ2) is 1.58. The van der Waals surface area contributed by atoms with Gasteiger partial charge in [0.2, 0.25) is 0 Å². The van der Waals surface area contributed by atoms with Crippen LogP contribution in [0.5, 0.6) is 0 Å². The van der Waals surface area contributed by atoms with E-state index >= 15 is 0 Å². The maximum absolute atomic E-state index is 9.57. The molecule has 2 nitrogen and oxygen atoms in total. The van der Waals surface area contributed by atoms with Crippen LogP contribution in [0.4, 0.5) is 0 Å². The zero-order chi connectivity index (χ0) is 5.21. The van der Waals surface area contributed by atoms with Gasteiger partial charge in [-0.1, -0.05) is 11.6 Å². The van der Waals surface area contributed by atoms with E-state index in [1.807, 2.05) is 0 Å². The van der Waals surface area contributed by atoms with Gasteiger partial charge in [0.1, 0.15) is 5.00 Å². The molecule has 1 atom stereocenters. The molecule has 0 fully saturated rings. The first-order valence-corrected chi connectivity index (χ1v) is 1.88. The Morgan fingerprint density at radius 1 is 2.00 bits per heavy atom. The Morgan fingerprint density at radius 3 is 2.17 bits per heavy atom. The van der Waals surface area contributed by atoms with Gasteiger partial charge in [-0.25, -0.2) is 0 Å². The number of carbonyl (C=O) groups excluding carboxylic acids is 1. The van der Waals surface area contributed by atoms with Crippen LogP contribution in [0, 0.1) is 0 Å². The molecule has 0 saturated heterocycles. The monoisotopic (exact) mass is 107 g/mol. The highest BCUT2D eigenvalue weighted by Gasteiger charge is 2.08. The number of hydrogen-bond acceptors (Lipinski definition) is 2. The molecule has 0 aliphatic carbocycles. The number of carbonyl (C=O) groups is 1. The van der Waals surface area contributed by atoms with Crippen molar-refractivity contribution in [2.24, 2.45) is 5.73 Å². The Hall–Kier alpha value is -0.0800. The van der Waals surface area contributed by atoms with E-state index in [1.165, 1.54) is 6.92 Å². The van der Waals surface area contributed by atoms with E-state index in [-0.39, 0.29) is 0 Å². The molecule has 36 valence electrons. The van der Waals surface area contributed by atoms with Crippen LogP contribution in [0.1, 0.15) is 6.92 Å². The highest BCUT2D eigenvalue weighted by Crippen LogP contribution is 1.97. The second-order valence-electron chi connectivity index (χ2n) is 1.27. The van der Waals surface area contributed by atoms with Crippen molar-refractivity contribution in [1.29, 1.82) is 0 Å². The molecular weight excluding hydrogens is 101 g/mol. The van der Waals surface area contributed by atoms with Crippen molar-refractivity contribution >= 4 is 17.9 Å². The Bertz CT molecular complexity index is 56.3. The van der Waals surface area contributed by atoms with E-state index in [2.05, 4.69) is 0 Å². The van der Waals surface area contributed by atoms with Crippen LogP contribution in [0.15, 0.2) is 0 Å². The van der Waals surface area contributed by atoms with Gasteiger partial charge in [0, 0.05) is 0 Å². The molecule has 0 bridgehead atoms. The smallest absolute Gasteiger partial charge is 0.154 e. The van der Waals surface area contributed by atoms with Crippen LogP contribution in [0.25, 0.3) is 0 Å². The highest BCUT2D eigenvalue weighted by atomic mass is 35.5. The number of rotatable bonds is 1. The van der Waals surface area contributed by atoms with Crippen molar-refractivity contribution < 1.29 is 4.79 Å². The molecule has 0 aliphatic rings. The third-order valence-electron chi connectivity index (χ3n) is 0.230. The maximum Gasteiger partial charge on any atom is 0.154 e. The highest BCUT2D eigenvalue weighted by molar-refractivity contribution is 6.30. The van der Waals surface area contributed by atoms with E-state index in [0.717, 1.165) is 0 Å². The van der Waals surface area contributed by atoms with Gasteiger partial charge >= 0.3 is 0 Å². The molecular formula is C3H6ClNO. The first-order chi connectivity index (χ1) is 2.56. The molecule has 0 rings (SSSR count). The molecule has 0 aliphatic heterocycles. The van der Waals surface area contributed by atoms with Crippen molar-refractivity contribution in [3.8, 4) is 0 Å². The number of halogens is 1. The van der Waals surface area contributed by atoms with Gasteiger partial charge in [-0.15, -0.1) is 0 Å². The van der Waals surface area contributed by atoms with Crippen molar-refractivity contribution in [2.75, 3.05) is 0 Å². The van der Waals surface area contributed by atoms with E-state index in [1.54, 1.807) is 0 Å².